The molecule has 0 fully saturated rings. The molecule has 0 heterocycles. The van der Waals surface area contributed by atoms with E-state index in [1.807, 2.05) is 0 Å². The van der Waals surface area contributed by atoms with Crippen molar-refractivity contribution < 1.29 is 27.4 Å². The summed E-state index contributed by atoms with van der Waals surface area (Å²) in [6.45, 7) is 1.14. The normalized spacial score (nSPS) is 14.8. The third kappa shape index (κ3) is 4.41. The molecular formula is C12H18FNO5S. The quantitative estimate of drug-likeness (QED) is 0.767. The predicted molar refractivity (Wildman–Crippen MR) is 70.6 cm³/mol. The topological polar surface area (TPSA) is 84.9 Å². The summed E-state index contributed by atoms with van der Waals surface area (Å²) in [6, 6.07) is 3.29. The first-order valence-electron chi connectivity index (χ1n) is 5.76. The van der Waals surface area contributed by atoms with E-state index in [2.05, 4.69) is 4.72 Å². The molecule has 1 atom stereocenters. The third-order valence-corrected chi connectivity index (χ3v) is 3.93. The Bertz CT molecular complexity index is 559. The third-order valence-electron chi connectivity index (χ3n) is 2.53. The van der Waals surface area contributed by atoms with E-state index in [-0.39, 0.29) is 23.8 Å². The van der Waals surface area contributed by atoms with Crippen molar-refractivity contribution in [2.75, 3.05) is 27.4 Å². The van der Waals surface area contributed by atoms with Gasteiger partial charge in [0.05, 0.1) is 24.2 Å². The summed E-state index contributed by atoms with van der Waals surface area (Å²) in [6.07, 6.45) is 0. The molecule has 0 saturated heterocycles. The maximum absolute atomic E-state index is 13.5. The summed E-state index contributed by atoms with van der Waals surface area (Å²) in [5, 5.41) is 9.82. The number of halogens is 1. The Morgan fingerprint density at radius 3 is 2.55 bits per heavy atom. The molecule has 0 aromatic heterocycles. The van der Waals surface area contributed by atoms with Crippen molar-refractivity contribution in [1.82, 2.24) is 4.72 Å². The Labute approximate surface area is 117 Å². The molecule has 1 unspecified atom stereocenters. The minimum atomic E-state index is -3.92. The van der Waals surface area contributed by atoms with Crippen molar-refractivity contribution in [3.8, 4) is 5.75 Å². The molecule has 1 aromatic carbocycles. The molecule has 0 aliphatic rings. The lowest BCUT2D eigenvalue weighted by atomic mass is 10.1. The molecule has 1 rings (SSSR count). The van der Waals surface area contributed by atoms with Gasteiger partial charge in [0, 0.05) is 13.7 Å². The van der Waals surface area contributed by atoms with Crippen LogP contribution in [0.4, 0.5) is 4.39 Å². The zero-order valence-corrected chi connectivity index (χ0v) is 12.3. The van der Waals surface area contributed by atoms with Gasteiger partial charge in [-0.25, -0.2) is 17.5 Å². The number of rotatable bonds is 7. The molecule has 8 heteroatoms. The number of methoxy groups -OCH3 is 2. The Hall–Kier alpha value is -1.22. The van der Waals surface area contributed by atoms with Gasteiger partial charge < -0.3 is 14.6 Å². The number of ether oxygens (including phenoxy) is 2. The van der Waals surface area contributed by atoms with Crippen LogP contribution < -0.4 is 9.46 Å². The molecule has 0 bridgehead atoms. The van der Waals surface area contributed by atoms with Gasteiger partial charge in [-0.1, -0.05) is 0 Å². The first-order valence-corrected chi connectivity index (χ1v) is 7.25. The zero-order valence-electron chi connectivity index (χ0n) is 11.5. The van der Waals surface area contributed by atoms with Crippen LogP contribution in [0.15, 0.2) is 23.1 Å². The molecular weight excluding hydrogens is 289 g/mol. The highest BCUT2D eigenvalue weighted by molar-refractivity contribution is 7.89. The molecule has 20 heavy (non-hydrogen) atoms. The van der Waals surface area contributed by atoms with Crippen LogP contribution in [0.25, 0.3) is 0 Å². The van der Waals surface area contributed by atoms with Crippen LogP contribution in [-0.4, -0.2) is 46.5 Å². The Kier molecular flexibility index (Phi) is 5.46. The van der Waals surface area contributed by atoms with E-state index in [4.69, 9.17) is 9.47 Å². The lowest BCUT2D eigenvalue weighted by Gasteiger charge is -2.22. The van der Waals surface area contributed by atoms with E-state index >= 15 is 0 Å². The first kappa shape index (κ1) is 16.8. The highest BCUT2D eigenvalue weighted by atomic mass is 32.2. The van der Waals surface area contributed by atoms with E-state index in [0.29, 0.717) is 0 Å². The summed E-state index contributed by atoms with van der Waals surface area (Å²) in [5.41, 5.74) is -1.35. The minimum Gasteiger partial charge on any atom is -0.494 e. The van der Waals surface area contributed by atoms with E-state index in [0.717, 1.165) is 6.07 Å². The van der Waals surface area contributed by atoms with Gasteiger partial charge in [0.15, 0.2) is 11.6 Å². The zero-order chi connectivity index (χ0) is 15.4. The largest absolute Gasteiger partial charge is 0.494 e. The summed E-state index contributed by atoms with van der Waals surface area (Å²) in [4.78, 5) is -0.246. The first-order chi connectivity index (χ1) is 9.22. The fourth-order valence-electron chi connectivity index (χ4n) is 1.51. The molecule has 1 aromatic rings. The molecule has 2 N–H and O–H groups in total. The van der Waals surface area contributed by atoms with Gasteiger partial charge in [0.1, 0.15) is 0 Å². The molecule has 0 aliphatic heterocycles. The standard InChI is InChI=1S/C12H18FNO5S/c1-12(15,8-18-2)7-14-20(16,17)9-4-5-11(19-3)10(13)6-9/h4-6,14-15H,7-8H2,1-3H3. The number of aliphatic hydroxyl groups is 1. The minimum absolute atomic E-state index is 0.0352. The summed E-state index contributed by atoms with van der Waals surface area (Å²) >= 11 is 0. The molecule has 0 aliphatic carbocycles. The molecule has 0 spiro atoms. The number of nitrogens with one attached hydrogen (secondary N) is 1. The maximum Gasteiger partial charge on any atom is 0.240 e. The summed E-state index contributed by atoms with van der Waals surface area (Å²) in [7, 11) is -1.25. The van der Waals surface area contributed by atoms with Crippen LogP contribution >= 0.6 is 0 Å². The number of hydrogen-bond acceptors (Lipinski definition) is 5. The fourth-order valence-corrected chi connectivity index (χ4v) is 2.68. The van der Waals surface area contributed by atoms with Gasteiger partial charge in [-0.05, 0) is 25.1 Å². The van der Waals surface area contributed by atoms with Gasteiger partial charge in [-0.15, -0.1) is 0 Å². The van der Waals surface area contributed by atoms with Crippen molar-refractivity contribution in [3.05, 3.63) is 24.0 Å². The van der Waals surface area contributed by atoms with Crippen molar-refractivity contribution >= 4 is 10.0 Å². The Morgan fingerprint density at radius 2 is 2.05 bits per heavy atom. The van der Waals surface area contributed by atoms with Crippen molar-refractivity contribution in [2.24, 2.45) is 0 Å². The molecule has 0 saturated carbocycles. The van der Waals surface area contributed by atoms with Gasteiger partial charge in [0.25, 0.3) is 0 Å². The second-order valence-corrected chi connectivity index (χ2v) is 6.32. The van der Waals surface area contributed by atoms with Crippen LogP contribution in [0.3, 0.4) is 0 Å². The predicted octanol–water partition coefficient (Wildman–Crippen LogP) is 0.510. The highest BCUT2D eigenvalue weighted by Crippen LogP contribution is 2.20. The monoisotopic (exact) mass is 307 g/mol. The number of hydrogen-bond donors (Lipinski definition) is 2. The van der Waals surface area contributed by atoms with Crippen molar-refractivity contribution in [3.63, 3.8) is 0 Å². The maximum atomic E-state index is 13.5. The van der Waals surface area contributed by atoms with E-state index in [1.54, 1.807) is 0 Å². The van der Waals surface area contributed by atoms with Crippen LogP contribution in [0.2, 0.25) is 0 Å². The fraction of sp³-hybridized carbons (Fsp3) is 0.500. The summed E-state index contributed by atoms with van der Waals surface area (Å²) in [5.74, 6) is -0.825. The Morgan fingerprint density at radius 1 is 1.40 bits per heavy atom. The second-order valence-electron chi connectivity index (χ2n) is 4.55. The number of benzene rings is 1. The smallest absolute Gasteiger partial charge is 0.240 e. The molecule has 6 nitrogen and oxygen atoms in total. The van der Waals surface area contributed by atoms with Crippen molar-refractivity contribution in [2.45, 2.75) is 17.4 Å². The van der Waals surface area contributed by atoms with Crippen LogP contribution in [0.1, 0.15) is 6.92 Å². The van der Waals surface area contributed by atoms with Gasteiger partial charge in [-0.3, -0.25) is 0 Å². The van der Waals surface area contributed by atoms with Crippen LogP contribution in [-0.2, 0) is 14.8 Å². The lowest BCUT2D eigenvalue weighted by Crippen LogP contribution is -2.43. The average Bonchev–Trinajstić information content (AvgIpc) is 2.36. The second kappa shape index (κ2) is 6.49. The number of sulfonamides is 1. The summed E-state index contributed by atoms with van der Waals surface area (Å²) < 4.78 is 49.1. The SMILES string of the molecule is COCC(C)(O)CNS(=O)(=O)c1ccc(OC)c(F)c1. The van der Waals surface area contributed by atoms with Crippen LogP contribution in [0, 0.1) is 5.82 Å². The van der Waals surface area contributed by atoms with Crippen LogP contribution in [0.5, 0.6) is 5.75 Å². The Balaban J connectivity index is 2.87. The van der Waals surface area contributed by atoms with Gasteiger partial charge in [0.2, 0.25) is 10.0 Å². The molecule has 0 amide bonds. The van der Waals surface area contributed by atoms with E-state index < -0.39 is 21.4 Å². The van der Waals surface area contributed by atoms with E-state index in [1.165, 1.54) is 33.3 Å². The average molecular weight is 307 g/mol. The highest BCUT2D eigenvalue weighted by Gasteiger charge is 2.24. The van der Waals surface area contributed by atoms with Crippen molar-refractivity contribution in [1.29, 1.82) is 0 Å². The molecule has 114 valence electrons. The van der Waals surface area contributed by atoms with E-state index in [9.17, 15) is 17.9 Å². The van der Waals surface area contributed by atoms with Gasteiger partial charge >= 0.3 is 0 Å². The lowest BCUT2D eigenvalue weighted by molar-refractivity contribution is -0.0119. The molecule has 0 radical (unpaired) electrons. The van der Waals surface area contributed by atoms with Gasteiger partial charge in [-0.2, -0.15) is 0 Å².